The minimum absolute atomic E-state index is 1.18. The van der Waals surface area contributed by atoms with E-state index >= 15 is 0 Å². The normalized spacial score (nSPS) is 11.9. The Kier molecular flexibility index (Phi) is 4.18. The van der Waals surface area contributed by atoms with E-state index in [1.165, 1.54) is 71.2 Å². The summed E-state index contributed by atoms with van der Waals surface area (Å²) < 4.78 is 4.69. The van der Waals surface area contributed by atoms with E-state index in [1.54, 1.807) is 0 Å². The van der Waals surface area contributed by atoms with Gasteiger partial charge in [-0.15, -0.1) is 0 Å². The van der Waals surface area contributed by atoms with Crippen LogP contribution < -0.4 is 0 Å². The molecule has 6 aromatic carbocycles. The predicted molar refractivity (Wildman–Crippen MR) is 158 cm³/mol. The maximum atomic E-state index is 2.37. The van der Waals surface area contributed by atoms with Gasteiger partial charge in [-0.2, -0.15) is 0 Å². The zero-order chi connectivity index (χ0) is 24.5. The van der Waals surface area contributed by atoms with E-state index in [-0.39, 0.29) is 0 Å². The summed E-state index contributed by atoms with van der Waals surface area (Å²) in [4.78, 5) is 0. The first kappa shape index (κ1) is 20.4. The summed E-state index contributed by atoms with van der Waals surface area (Å²) in [7, 11) is 2.17. The van der Waals surface area contributed by atoms with Gasteiger partial charge in [0.05, 0.1) is 16.6 Å². The Hall–Kier alpha value is -4.82. The molecule has 0 saturated carbocycles. The van der Waals surface area contributed by atoms with Crippen LogP contribution in [0, 0.1) is 0 Å². The van der Waals surface area contributed by atoms with Crippen LogP contribution in [0.2, 0.25) is 0 Å². The van der Waals surface area contributed by atoms with E-state index in [2.05, 4.69) is 144 Å². The predicted octanol–water partition coefficient (Wildman–Crippen LogP) is 9.25. The first-order chi connectivity index (χ1) is 18.3. The molecule has 0 atom stereocenters. The van der Waals surface area contributed by atoms with Crippen LogP contribution in [0.25, 0.3) is 71.2 Å². The highest BCUT2D eigenvalue weighted by Crippen LogP contribution is 2.36. The molecule has 0 N–H and O–H groups in total. The fourth-order valence-corrected chi connectivity index (χ4v) is 6.19. The second-order valence-corrected chi connectivity index (χ2v) is 9.89. The molecule has 37 heavy (non-hydrogen) atoms. The smallest absolute Gasteiger partial charge is 0.0568 e. The molecule has 0 radical (unpaired) electrons. The van der Waals surface area contributed by atoms with Gasteiger partial charge in [-0.25, -0.2) is 0 Å². The molecule has 8 aromatic rings. The van der Waals surface area contributed by atoms with Gasteiger partial charge in [0.2, 0.25) is 0 Å². The van der Waals surface area contributed by atoms with Gasteiger partial charge in [-0.3, -0.25) is 0 Å². The first-order valence-corrected chi connectivity index (χ1v) is 12.8. The number of hydrogen-bond acceptors (Lipinski definition) is 0. The van der Waals surface area contributed by atoms with Crippen LogP contribution >= 0.6 is 0 Å². The van der Waals surface area contributed by atoms with Gasteiger partial charge >= 0.3 is 0 Å². The average molecular weight is 473 g/mol. The third-order valence-electron chi connectivity index (χ3n) is 7.92. The van der Waals surface area contributed by atoms with Crippen LogP contribution in [-0.4, -0.2) is 9.13 Å². The van der Waals surface area contributed by atoms with Crippen LogP contribution in [0.4, 0.5) is 0 Å². The standard InChI is InChI=1S/C35H24N2/c1-36-32-11-5-2-10-30(32)31-21-17-25-22-24(16-20-27(25)35(31)36)23-14-18-26(19-15-23)37-33-12-6-3-8-28(33)29-9-4-7-13-34(29)37/h2-22H,1H3. The maximum absolute atomic E-state index is 2.37. The summed E-state index contributed by atoms with van der Waals surface area (Å²) in [5.74, 6) is 0. The molecule has 8 rings (SSSR count). The Balaban J connectivity index is 1.26. The number of aromatic nitrogens is 2. The van der Waals surface area contributed by atoms with Crippen molar-refractivity contribution in [2.24, 2.45) is 7.05 Å². The molecular weight excluding hydrogens is 448 g/mol. The van der Waals surface area contributed by atoms with E-state index < -0.39 is 0 Å². The average Bonchev–Trinajstić information content (AvgIpc) is 3.45. The second-order valence-electron chi connectivity index (χ2n) is 9.89. The number of aryl methyl sites for hydroxylation is 1. The van der Waals surface area contributed by atoms with Gasteiger partial charge < -0.3 is 9.13 Å². The van der Waals surface area contributed by atoms with E-state index in [1.807, 2.05) is 0 Å². The quantitative estimate of drug-likeness (QED) is 0.237. The minimum atomic E-state index is 1.18. The lowest BCUT2D eigenvalue weighted by atomic mass is 9.99. The molecule has 0 unspecified atom stereocenters. The van der Waals surface area contributed by atoms with Gasteiger partial charge in [-0.05, 0) is 52.9 Å². The maximum Gasteiger partial charge on any atom is 0.0568 e. The van der Waals surface area contributed by atoms with Gasteiger partial charge in [0.1, 0.15) is 0 Å². The van der Waals surface area contributed by atoms with E-state index in [9.17, 15) is 0 Å². The number of benzene rings is 6. The van der Waals surface area contributed by atoms with Crippen molar-refractivity contribution in [2.75, 3.05) is 0 Å². The van der Waals surface area contributed by atoms with Crippen LogP contribution in [0.15, 0.2) is 127 Å². The van der Waals surface area contributed by atoms with Crippen molar-refractivity contribution in [3.05, 3.63) is 127 Å². The molecule has 2 heterocycles. The third kappa shape index (κ3) is 2.87. The summed E-state index contributed by atoms with van der Waals surface area (Å²) >= 11 is 0. The van der Waals surface area contributed by atoms with Crippen molar-refractivity contribution in [1.82, 2.24) is 9.13 Å². The number of fused-ring (bicyclic) bond motifs is 8. The molecule has 0 aliphatic carbocycles. The van der Waals surface area contributed by atoms with Crippen molar-refractivity contribution in [3.63, 3.8) is 0 Å². The van der Waals surface area contributed by atoms with Gasteiger partial charge in [0.25, 0.3) is 0 Å². The highest BCUT2D eigenvalue weighted by Gasteiger charge is 2.13. The monoisotopic (exact) mass is 472 g/mol. The summed E-state index contributed by atoms with van der Waals surface area (Å²) in [6.07, 6.45) is 0. The highest BCUT2D eigenvalue weighted by molar-refractivity contribution is 6.18. The van der Waals surface area contributed by atoms with E-state index in [0.29, 0.717) is 0 Å². The van der Waals surface area contributed by atoms with E-state index in [0.717, 1.165) is 0 Å². The molecule has 2 aromatic heterocycles. The Bertz CT molecular complexity index is 2090. The topological polar surface area (TPSA) is 9.86 Å². The molecule has 0 aliphatic rings. The third-order valence-corrected chi connectivity index (χ3v) is 7.92. The number of para-hydroxylation sites is 3. The van der Waals surface area contributed by atoms with Crippen molar-refractivity contribution >= 4 is 54.4 Å². The van der Waals surface area contributed by atoms with Crippen LogP contribution in [0.5, 0.6) is 0 Å². The number of hydrogen-bond donors (Lipinski definition) is 0. The molecule has 0 bridgehead atoms. The Morgan fingerprint density at radius 1 is 0.432 bits per heavy atom. The van der Waals surface area contributed by atoms with Crippen molar-refractivity contribution in [3.8, 4) is 16.8 Å². The molecule has 2 heteroatoms. The molecule has 0 aliphatic heterocycles. The zero-order valence-electron chi connectivity index (χ0n) is 20.5. The molecule has 0 saturated heterocycles. The molecule has 0 spiro atoms. The fraction of sp³-hybridized carbons (Fsp3) is 0.0286. The van der Waals surface area contributed by atoms with Crippen LogP contribution in [0.1, 0.15) is 0 Å². The van der Waals surface area contributed by atoms with Gasteiger partial charge in [0.15, 0.2) is 0 Å². The molecule has 0 amide bonds. The number of rotatable bonds is 2. The van der Waals surface area contributed by atoms with Crippen molar-refractivity contribution in [2.45, 2.75) is 0 Å². The Labute approximate surface area is 214 Å². The Morgan fingerprint density at radius 3 is 1.65 bits per heavy atom. The molecule has 174 valence electrons. The zero-order valence-corrected chi connectivity index (χ0v) is 20.5. The highest BCUT2D eigenvalue weighted by atomic mass is 15.0. The lowest BCUT2D eigenvalue weighted by molar-refractivity contribution is 1.02. The first-order valence-electron chi connectivity index (χ1n) is 12.8. The molecular formula is C35H24N2. The second kappa shape index (κ2) is 7.59. The summed E-state index contributed by atoms with van der Waals surface area (Å²) in [6, 6.07) is 46.4. The van der Waals surface area contributed by atoms with Gasteiger partial charge in [-0.1, -0.05) is 91.0 Å². The minimum Gasteiger partial charge on any atom is -0.343 e. The van der Waals surface area contributed by atoms with Gasteiger partial charge in [0, 0.05) is 45.2 Å². The SMILES string of the molecule is Cn1c2ccccc2c2ccc3cc(-c4ccc(-n5c6ccccc6c6ccccc65)cc4)ccc3c21. The Morgan fingerprint density at radius 2 is 0.973 bits per heavy atom. The summed E-state index contributed by atoms with van der Waals surface area (Å²) in [6.45, 7) is 0. The fourth-order valence-electron chi connectivity index (χ4n) is 6.19. The lowest BCUT2D eigenvalue weighted by Crippen LogP contribution is -1.93. The summed E-state index contributed by atoms with van der Waals surface area (Å²) in [5.41, 5.74) is 8.69. The summed E-state index contributed by atoms with van der Waals surface area (Å²) in [5, 5.41) is 7.76. The number of nitrogens with zero attached hydrogens (tertiary/aromatic N) is 2. The van der Waals surface area contributed by atoms with Crippen LogP contribution in [-0.2, 0) is 7.05 Å². The van der Waals surface area contributed by atoms with Crippen molar-refractivity contribution in [1.29, 1.82) is 0 Å². The van der Waals surface area contributed by atoms with E-state index in [4.69, 9.17) is 0 Å². The molecule has 0 fully saturated rings. The lowest BCUT2D eigenvalue weighted by Gasteiger charge is -2.10. The molecule has 2 nitrogen and oxygen atoms in total. The van der Waals surface area contributed by atoms with Crippen LogP contribution in [0.3, 0.4) is 0 Å². The largest absolute Gasteiger partial charge is 0.343 e. The van der Waals surface area contributed by atoms with Crippen molar-refractivity contribution < 1.29 is 0 Å².